The molecule has 0 saturated carbocycles. The zero-order valence-corrected chi connectivity index (χ0v) is 13.1. The van der Waals surface area contributed by atoms with E-state index in [0.717, 1.165) is 39.7 Å². The Morgan fingerprint density at radius 2 is 1.95 bits per heavy atom. The zero-order chi connectivity index (χ0) is 14.8. The van der Waals surface area contributed by atoms with Gasteiger partial charge in [-0.05, 0) is 43.7 Å². The lowest BCUT2D eigenvalue weighted by Gasteiger charge is -2.08. The van der Waals surface area contributed by atoms with Crippen LogP contribution >= 0.6 is 11.3 Å². The van der Waals surface area contributed by atoms with Gasteiger partial charge in [-0.3, -0.25) is 0 Å². The molecule has 0 saturated heterocycles. The summed E-state index contributed by atoms with van der Waals surface area (Å²) in [5, 5.41) is 4.46. The fourth-order valence-corrected chi connectivity index (χ4v) is 3.17. The first-order valence-corrected chi connectivity index (χ1v) is 7.69. The van der Waals surface area contributed by atoms with Crippen LogP contribution in [0.25, 0.3) is 10.2 Å². The molecular formula is C16H17N3OS. The Morgan fingerprint density at radius 1 is 1.19 bits per heavy atom. The smallest absolute Gasteiger partial charge is 0.142 e. The van der Waals surface area contributed by atoms with Crippen molar-refractivity contribution in [2.24, 2.45) is 0 Å². The van der Waals surface area contributed by atoms with Crippen LogP contribution in [-0.2, 0) is 6.42 Å². The Labute approximate surface area is 127 Å². The lowest BCUT2D eigenvalue weighted by atomic mass is 10.2. The molecule has 0 bridgehead atoms. The Kier molecular flexibility index (Phi) is 3.75. The second-order valence-corrected chi connectivity index (χ2v) is 5.87. The van der Waals surface area contributed by atoms with Gasteiger partial charge in [0, 0.05) is 10.6 Å². The van der Waals surface area contributed by atoms with Crippen molar-refractivity contribution in [1.29, 1.82) is 0 Å². The first-order valence-electron chi connectivity index (χ1n) is 6.87. The minimum atomic E-state index is 0.781. The molecule has 0 unspecified atom stereocenters. The molecule has 0 aliphatic heterocycles. The summed E-state index contributed by atoms with van der Waals surface area (Å²) >= 11 is 1.73. The van der Waals surface area contributed by atoms with E-state index < -0.39 is 0 Å². The quantitative estimate of drug-likeness (QED) is 0.779. The van der Waals surface area contributed by atoms with E-state index in [1.807, 2.05) is 31.2 Å². The van der Waals surface area contributed by atoms with E-state index in [1.165, 1.54) is 4.88 Å². The first kappa shape index (κ1) is 13.8. The number of rotatable bonds is 4. The molecule has 0 atom stereocenters. The number of methoxy groups -OCH3 is 1. The molecule has 0 fully saturated rings. The van der Waals surface area contributed by atoms with Gasteiger partial charge >= 0.3 is 0 Å². The van der Waals surface area contributed by atoms with Gasteiger partial charge in [0.15, 0.2) is 0 Å². The van der Waals surface area contributed by atoms with Gasteiger partial charge in [0.25, 0.3) is 0 Å². The monoisotopic (exact) mass is 299 g/mol. The molecule has 5 heteroatoms. The van der Waals surface area contributed by atoms with Crippen LogP contribution in [0.3, 0.4) is 0 Å². The topological polar surface area (TPSA) is 47.0 Å². The SMILES string of the molecule is CCc1cc2c(Nc3ccc(OC)cc3)nc(C)nc2s1. The predicted octanol–water partition coefficient (Wildman–Crippen LogP) is 4.31. The van der Waals surface area contributed by atoms with Crippen molar-refractivity contribution in [3.05, 3.63) is 41.0 Å². The van der Waals surface area contributed by atoms with Crippen molar-refractivity contribution < 1.29 is 4.74 Å². The van der Waals surface area contributed by atoms with Gasteiger partial charge in [-0.2, -0.15) is 0 Å². The maximum Gasteiger partial charge on any atom is 0.142 e. The molecule has 2 heterocycles. The summed E-state index contributed by atoms with van der Waals surface area (Å²) in [6.45, 7) is 4.07. The number of nitrogens with one attached hydrogen (secondary N) is 1. The highest BCUT2D eigenvalue weighted by Crippen LogP contribution is 2.31. The van der Waals surface area contributed by atoms with Crippen molar-refractivity contribution in [3.63, 3.8) is 0 Å². The maximum absolute atomic E-state index is 5.17. The predicted molar refractivity (Wildman–Crippen MR) is 87.8 cm³/mol. The Balaban J connectivity index is 2.00. The van der Waals surface area contributed by atoms with Crippen molar-refractivity contribution in [1.82, 2.24) is 9.97 Å². The number of ether oxygens (including phenoxy) is 1. The molecular weight excluding hydrogens is 282 g/mol. The lowest BCUT2D eigenvalue weighted by molar-refractivity contribution is 0.415. The van der Waals surface area contributed by atoms with E-state index in [-0.39, 0.29) is 0 Å². The summed E-state index contributed by atoms with van der Waals surface area (Å²) in [7, 11) is 1.66. The number of fused-ring (bicyclic) bond motifs is 1. The molecule has 0 aliphatic carbocycles. The van der Waals surface area contributed by atoms with Gasteiger partial charge in [0.2, 0.25) is 0 Å². The maximum atomic E-state index is 5.17. The highest BCUT2D eigenvalue weighted by atomic mass is 32.1. The Bertz CT molecular complexity index is 765. The molecule has 0 radical (unpaired) electrons. The number of thiophene rings is 1. The number of nitrogens with zero attached hydrogens (tertiary/aromatic N) is 2. The van der Waals surface area contributed by atoms with Gasteiger partial charge in [0.1, 0.15) is 22.2 Å². The molecule has 1 N–H and O–H groups in total. The largest absolute Gasteiger partial charge is 0.497 e. The second-order valence-electron chi connectivity index (χ2n) is 4.76. The molecule has 3 aromatic rings. The first-order chi connectivity index (χ1) is 10.2. The van der Waals surface area contributed by atoms with Crippen LogP contribution in [0.15, 0.2) is 30.3 Å². The highest BCUT2D eigenvalue weighted by molar-refractivity contribution is 7.18. The third kappa shape index (κ3) is 2.83. The van der Waals surface area contributed by atoms with E-state index in [1.54, 1.807) is 18.4 Å². The van der Waals surface area contributed by atoms with Crippen LogP contribution in [0.5, 0.6) is 5.75 Å². The molecule has 108 valence electrons. The van der Waals surface area contributed by atoms with Gasteiger partial charge in [0.05, 0.1) is 12.5 Å². The summed E-state index contributed by atoms with van der Waals surface area (Å²) in [5.41, 5.74) is 0.986. The molecule has 1 aromatic carbocycles. The summed E-state index contributed by atoms with van der Waals surface area (Å²) in [6, 6.07) is 9.99. The minimum Gasteiger partial charge on any atom is -0.497 e. The van der Waals surface area contributed by atoms with Crippen molar-refractivity contribution in [2.45, 2.75) is 20.3 Å². The summed E-state index contributed by atoms with van der Waals surface area (Å²) in [6.07, 6.45) is 1.02. The normalized spacial score (nSPS) is 10.8. The lowest BCUT2D eigenvalue weighted by Crippen LogP contribution is -1.97. The molecule has 0 aliphatic rings. The van der Waals surface area contributed by atoms with Crippen LogP contribution in [0, 0.1) is 6.92 Å². The van der Waals surface area contributed by atoms with Gasteiger partial charge in [-0.25, -0.2) is 9.97 Å². The minimum absolute atomic E-state index is 0.781. The molecule has 0 spiro atoms. The van der Waals surface area contributed by atoms with E-state index in [2.05, 4.69) is 28.3 Å². The average molecular weight is 299 g/mol. The van der Waals surface area contributed by atoms with Crippen molar-refractivity contribution in [3.8, 4) is 5.75 Å². The van der Waals surface area contributed by atoms with Gasteiger partial charge < -0.3 is 10.1 Å². The Hall–Kier alpha value is -2.14. The van der Waals surface area contributed by atoms with Gasteiger partial charge in [-0.15, -0.1) is 11.3 Å². The van der Waals surface area contributed by atoms with Crippen LogP contribution in [0.1, 0.15) is 17.6 Å². The summed E-state index contributed by atoms with van der Waals surface area (Å²) in [5.74, 6) is 2.48. The fraction of sp³-hybridized carbons (Fsp3) is 0.250. The van der Waals surface area contributed by atoms with Crippen LogP contribution in [0.4, 0.5) is 11.5 Å². The molecule has 4 nitrogen and oxygen atoms in total. The number of benzene rings is 1. The number of anilines is 2. The number of hydrogen-bond acceptors (Lipinski definition) is 5. The van der Waals surface area contributed by atoms with Gasteiger partial charge in [-0.1, -0.05) is 6.92 Å². The second kappa shape index (κ2) is 5.69. The van der Waals surface area contributed by atoms with E-state index in [9.17, 15) is 0 Å². The molecule has 21 heavy (non-hydrogen) atoms. The average Bonchev–Trinajstić information content (AvgIpc) is 2.91. The molecule has 0 amide bonds. The van der Waals surface area contributed by atoms with E-state index in [0.29, 0.717) is 0 Å². The fourth-order valence-electron chi connectivity index (χ4n) is 2.16. The number of aryl methyl sites for hydroxylation is 2. The van der Waals surface area contributed by atoms with Crippen molar-refractivity contribution >= 4 is 33.1 Å². The summed E-state index contributed by atoms with van der Waals surface area (Å²) < 4.78 is 5.17. The van der Waals surface area contributed by atoms with Crippen LogP contribution < -0.4 is 10.1 Å². The molecule has 3 rings (SSSR count). The Morgan fingerprint density at radius 3 is 2.62 bits per heavy atom. The standard InChI is InChI=1S/C16H17N3OS/c1-4-13-9-14-15(17-10(2)18-16(14)21-13)19-11-5-7-12(20-3)8-6-11/h5-9H,4H2,1-3H3,(H,17,18,19). The van der Waals surface area contributed by atoms with E-state index in [4.69, 9.17) is 4.74 Å². The molecule has 2 aromatic heterocycles. The number of hydrogen-bond donors (Lipinski definition) is 1. The van der Waals surface area contributed by atoms with Crippen LogP contribution in [-0.4, -0.2) is 17.1 Å². The summed E-state index contributed by atoms with van der Waals surface area (Å²) in [4.78, 5) is 11.4. The van der Waals surface area contributed by atoms with Crippen LogP contribution in [0.2, 0.25) is 0 Å². The highest BCUT2D eigenvalue weighted by Gasteiger charge is 2.10. The zero-order valence-electron chi connectivity index (χ0n) is 12.3. The van der Waals surface area contributed by atoms with Crippen molar-refractivity contribution in [2.75, 3.05) is 12.4 Å². The third-order valence-electron chi connectivity index (χ3n) is 3.26. The third-order valence-corrected chi connectivity index (χ3v) is 4.43. The van der Waals surface area contributed by atoms with E-state index >= 15 is 0 Å². The number of aromatic nitrogens is 2.